The van der Waals surface area contributed by atoms with Gasteiger partial charge in [-0.25, -0.2) is 9.18 Å². The Bertz CT molecular complexity index is 399. The van der Waals surface area contributed by atoms with Crippen LogP contribution in [-0.2, 0) is 17.9 Å². The lowest BCUT2D eigenvalue weighted by atomic mass is 10.1. The van der Waals surface area contributed by atoms with Crippen LogP contribution in [0.25, 0.3) is 0 Å². The van der Waals surface area contributed by atoms with E-state index >= 15 is 0 Å². The topological polar surface area (TPSA) is 70.6 Å². The van der Waals surface area contributed by atoms with Crippen LogP contribution in [0.4, 0.5) is 9.18 Å². The molecule has 0 radical (unpaired) electrons. The molecule has 0 aliphatic rings. The predicted octanol–water partition coefficient (Wildman–Crippen LogP) is 0.764. The molecule has 0 heterocycles. The molecule has 0 saturated heterocycles. The van der Waals surface area contributed by atoms with Crippen molar-refractivity contribution in [3.05, 3.63) is 35.1 Å². The third-order valence-corrected chi connectivity index (χ3v) is 2.26. The zero-order chi connectivity index (χ0) is 13.4. The molecule has 0 aromatic heterocycles. The number of urea groups is 1. The SMILES string of the molecule is COCc1cc(CNC(=O)NCCO)ccc1F. The highest BCUT2D eigenvalue weighted by atomic mass is 19.1. The molecule has 0 bridgehead atoms. The molecule has 0 unspecified atom stereocenters. The summed E-state index contributed by atoms with van der Waals surface area (Å²) < 4.78 is 18.2. The number of aliphatic hydroxyl groups excluding tert-OH is 1. The van der Waals surface area contributed by atoms with Gasteiger partial charge in [0.25, 0.3) is 0 Å². The lowest BCUT2D eigenvalue weighted by Gasteiger charge is -2.08. The second-order valence-electron chi connectivity index (χ2n) is 3.69. The molecule has 3 N–H and O–H groups in total. The van der Waals surface area contributed by atoms with E-state index in [0.29, 0.717) is 5.56 Å². The molecule has 1 aromatic rings. The highest BCUT2D eigenvalue weighted by molar-refractivity contribution is 5.73. The third kappa shape index (κ3) is 4.68. The monoisotopic (exact) mass is 256 g/mol. The van der Waals surface area contributed by atoms with Gasteiger partial charge in [0.2, 0.25) is 0 Å². The number of nitrogens with one attached hydrogen (secondary N) is 2. The zero-order valence-corrected chi connectivity index (χ0v) is 10.2. The number of carbonyl (C=O) groups excluding carboxylic acids is 1. The molecule has 0 aliphatic carbocycles. The average Bonchev–Trinajstić information content (AvgIpc) is 2.37. The van der Waals surface area contributed by atoms with E-state index in [-0.39, 0.29) is 38.2 Å². The summed E-state index contributed by atoms with van der Waals surface area (Å²) in [6.45, 7) is 0.566. The number of rotatable bonds is 6. The van der Waals surface area contributed by atoms with Gasteiger partial charge < -0.3 is 20.5 Å². The van der Waals surface area contributed by atoms with Crippen LogP contribution in [0.15, 0.2) is 18.2 Å². The van der Waals surface area contributed by atoms with E-state index in [4.69, 9.17) is 9.84 Å². The quantitative estimate of drug-likeness (QED) is 0.704. The summed E-state index contributed by atoms with van der Waals surface area (Å²) in [4.78, 5) is 11.2. The minimum absolute atomic E-state index is 0.109. The van der Waals surface area contributed by atoms with Crippen molar-refractivity contribution in [1.29, 1.82) is 0 Å². The first-order valence-electron chi connectivity index (χ1n) is 5.56. The van der Waals surface area contributed by atoms with Crippen LogP contribution < -0.4 is 10.6 Å². The van der Waals surface area contributed by atoms with Crippen LogP contribution in [0.5, 0.6) is 0 Å². The Labute approximate surface area is 105 Å². The van der Waals surface area contributed by atoms with E-state index in [0.717, 1.165) is 5.56 Å². The van der Waals surface area contributed by atoms with Gasteiger partial charge >= 0.3 is 6.03 Å². The van der Waals surface area contributed by atoms with Crippen molar-refractivity contribution in [2.24, 2.45) is 0 Å². The molecule has 0 saturated carbocycles. The highest BCUT2D eigenvalue weighted by Gasteiger charge is 2.04. The fraction of sp³-hybridized carbons (Fsp3) is 0.417. The summed E-state index contributed by atoms with van der Waals surface area (Å²) in [5.74, 6) is -0.328. The number of amides is 2. The van der Waals surface area contributed by atoms with Gasteiger partial charge in [0.15, 0.2) is 0 Å². The first-order valence-corrected chi connectivity index (χ1v) is 5.56. The van der Waals surface area contributed by atoms with Gasteiger partial charge in [-0.1, -0.05) is 6.07 Å². The fourth-order valence-corrected chi connectivity index (χ4v) is 1.42. The van der Waals surface area contributed by atoms with E-state index in [2.05, 4.69) is 10.6 Å². The van der Waals surface area contributed by atoms with Gasteiger partial charge in [-0.2, -0.15) is 0 Å². The Morgan fingerprint density at radius 2 is 2.22 bits per heavy atom. The fourth-order valence-electron chi connectivity index (χ4n) is 1.42. The molecular weight excluding hydrogens is 239 g/mol. The summed E-state index contributed by atoms with van der Waals surface area (Å²) >= 11 is 0. The second kappa shape index (κ2) is 7.62. The van der Waals surface area contributed by atoms with Crippen LogP contribution in [0.3, 0.4) is 0 Å². The van der Waals surface area contributed by atoms with E-state index in [1.54, 1.807) is 12.1 Å². The summed E-state index contributed by atoms with van der Waals surface area (Å²) in [5, 5.41) is 13.6. The lowest BCUT2D eigenvalue weighted by molar-refractivity contribution is 0.181. The van der Waals surface area contributed by atoms with Crippen molar-refractivity contribution >= 4 is 6.03 Å². The van der Waals surface area contributed by atoms with Crippen molar-refractivity contribution in [2.75, 3.05) is 20.3 Å². The molecule has 6 heteroatoms. The van der Waals surface area contributed by atoms with E-state index in [1.807, 2.05) is 0 Å². The lowest BCUT2D eigenvalue weighted by Crippen LogP contribution is -2.36. The number of carbonyl (C=O) groups is 1. The smallest absolute Gasteiger partial charge is 0.315 e. The molecule has 0 spiro atoms. The van der Waals surface area contributed by atoms with Gasteiger partial charge in [-0.05, 0) is 17.7 Å². The van der Waals surface area contributed by atoms with Crippen LogP contribution >= 0.6 is 0 Å². The summed E-state index contributed by atoms with van der Waals surface area (Å²) in [5.41, 5.74) is 1.23. The molecule has 0 atom stereocenters. The molecule has 0 fully saturated rings. The maximum absolute atomic E-state index is 13.3. The highest BCUT2D eigenvalue weighted by Crippen LogP contribution is 2.11. The Balaban J connectivity index is 2.52. The molecule has 18 heavy (non-hydrogen) atoms. The van der Waals surface area contributed by atoms with Gasteiger partial charge in [0.05, 0.1) is 13.2 Å². The molecule has 1 aromatic carbocycles. The van der Waals surface area contributed by atoms with Crippen LogP contribution in [-0.4, -0.2) is 31.4 Å². The summed E-state index contributed by atoms with van der Waals surface area (Å²) in [7, 11) is 1.49. The van der Waals surface area contributed by atoms with Crippen molar-refractivity contribution in [3.8, 4) is 0 Å². The van der Waals surface area contributed by atoms with Crippen molar-refractivity contribution < 1.29 is 19.0 Å². The van der Waals surface area contributed by atoms with Gasteiger partial charge in [0, 0.05) is 25.8 Å². The largest absolute Gasteiger partial charge is 0.395 e. The number of hydrogen-bond donors (Lipinski definition) is 3. The Kier molecular flexibility index (Phi) is 6.10. The van der Waals surface area contributed by atoms with Crippen LogP contribution in [0, 0.1) is 5.82 Å². The van der Waals surface area contributed by atoms with Crippen LogP contribution in [0.2, 0.25) is 0 Å². The van der Waals surface area contributed by atoms with Gasteiger partial charge in [-0.15, -0.1) is 0 Å². The molecule has 5 nitrogen and oxygen atoms in total. The third-order valence-electron chi connectivity index (χ3n) is 2.26. The minimum atomic E-state index is -0.373. The zero-order valence-electron chi connectivity index (χ0n) is 10.2. The van der Waals surface area contributed by atoms with E-state index < -0.39 is 0 Å². The van der Waals surface area contributed by atoms with Crippen LogP contribution in [0.1, 0.15) is 11.1 Å². The number of ether oxygens (including phenoxy) is 1. The molecule has 0 aliphatic heterocycles. The Hall–Kier alpha value is -1.66. The number of halogens is 1. The van der Waals surface area contributed by atoms with E-state index in [9.17, 15) is 9.18 Å². The normalized spacial score (nSPS) is 10.2. The van der Waals surface area contributed by atoms with Crippen molar-refractivity contribution in [2.45, 2.75) is 13.2 Å². The minimum Gasteiger partial charge on any atom is -0.395 e. The predicted molar refractivity (Wildman–Crippen MR) is 64.4 cm³/mol. The molecular formula is C12H17FN2O3. The molecule has 2 amide bonds. The number of methoxy groups -OCH3 is 1. The first-order chi connectivity index (χ1) is 8.67. The molecule has 1 rings (SSSR count). The standard InChI is InChI=1S/C12H17FN2O3/c1-18-8-10-6-9(2-3-11(10)13)7-15-12(17)14-4-5-16/h2-3,6,16H,4-5,7-8H2,1H3,(H2,14,15,17). The number of benzene rings is 1. The maximum Gasteiger partial charge on any atom is 0.315 e. The summed E-state index contributed by atoms with van der Waals surface area (Å²) in [6, 6.07) is 4.21. The molecule has 100 valence electrons. The van der Waals surface area contributed by atoms with Crippen molar-refractivity contribution in [3.63, 3.8) is 0 Å². The second-order valence-corrected chi connectivity index (χ2v) is 3.69. The van der Waals surface area contributed by atoms with Gasteiger partial charge in [0.1, 0.15) is 5.82 Å². The first kappa shape index (κ1) is 14.4. The number of hydrogen-bond acceptors (Lipinski definition) is 3. The van der Waals surface area contributed by atoms with Crippen molar-refractivity contribution in [1.82, 2.24) is 10.6 Å². The van der Waals surface area contributed by atoms with Gasteiger partial charge in [-0.3, -0.25) is 0 Å². The average molecular weight is 256 g/mol. The Morgan fingerprint density at radius 1 is 1.44 bits per heavy atom. The maximum atomic E-state index is 13.3. The Morgan fingerprint density at radius 3 is 2.89 bits per heavy atom. The number of aliphatic hydroxyl groups is 1. The summed E-state index contributed by atoms with van der Waals surface area (Å²) in [6.07, 6.45) is 0. The van der Waals surface area contributed by atoms with E-state index in [1.165, 1.54) is 13.2 Å².